The molecule has 0 amide bonds. The fourth-order valence-corrected chi connectivity index (χ4v) is 4.29. The van der Waals surface area contributed by atoms with Gasteiger partial charge in [-0.2, -0.15) is 0 Å². The summed E-state index contributed by atoms with van der Waals surface area (Å²) in [6, 6.07) is 4.35. The second-order valence-electron chi connectivity index (χ2n) is 9.70. The maximum atomic E-state index is 13.1. The molecule has 1 aliphatic heterocycles. The molecule has 3 aromatic carbocycles. The van der Waals surface area contributed by atoms with Crippen LogP contribution in [0.1, 0.15) is 31.1 Å². The Morgan fingerprint density at radius 1 is 0.609 bits per heavy atom. The van der Waals surface area contributed by atoms with Gasteiger partial charge in [-0.3, -0.25) is 0 Å². The van der Waals surface area contributed by atoms with Gasteiger partial charge in [0.15, 0.2) is 70.2 Å². The molecule has 18 nitrogen and oxygen atoms in total. The van der Waals surface area contributed by atoms with E-state index < -0.39 is 124 Å². The highest BCUT2D eigenvalue weighted by atomic mass is 16.7. The second kappa shape index (κ2) is 13.0. The zero-order valence-electron chi connectivity index (χ0n) is 23.3. The predicted octanol–water partition coefficient (Wildman–Crippen LogP) is 0.377. The van der Waals surface area contributed by atoms with Crippen LogP contribution in [0.25, 0.3) is 0 Å². The summed E-state index contributed by atoms with van der Waals surface area (Å²) in [5, 5.41) is 98.4. The van der Waals surface area contributed by atoms with E-state index in [0.717, 1.165) is 19.2 Å². The minimum Gasteiger partial charge on any atom is -0.504 e. The van der Waals surface area contributed by atoms with Crippen LogP contribution in [-0.2, 0) is 23.7 Å². The fourth-order valence-electron chi connectivity index (χ4n) is 4.29. The Hall–Kier alpha value is -5.85. The molecule has 0 aromatic heterocycles. The highest BCUT2D eigenvalue weighted by molar-refractivity contribution is 5.93. The molecular formula is C28H26O18. The largest absolute Gasteiger partial charge is 0.504 e. The van der Waals surface area contributed by atoms with Crippen molar-refractivity contribution in [2.24, 2.45) is 0 Å². The zero-order chi connectivity index (χ0) is 34.0. The number of ether oxygens (including phenoxy) is 5. The van der Waals surface area contributed by atoms with Crippen LogP contribution in [0.4, 0.5) is 0 Å². The van der Waals surface area contributed by atoms with Crippen molar-refractivity contribution >= 4 is 17.9 Å². The van der Waals surface area contributed by atoms with Crippen molar-refractivity contribution in [1.29, 1.82) is 0 Å². The number of phenolic OH excluding ortho intramolecular Hbond substituents is 9. The molecule has 46 heavy (non-hydrogen) atoms. The third-order valence-corrected chi connectivity index (χ3v) is 6.63. The third kappa shape index (κ3) is 6.62. The van der Waals surface area contributed by atoms with E-state index in [-0.39, 0.29) is 0 Å². The number of benzene rings is 3. The lowest BCUT2D eigenvalue weighted by atomic mass is 9.98. The first-order valence-electron chi connectivity index (χ1n) is 12.8. The quantitative estimate of drug-likeness (QED) is 0.0894. The minimum absolute atomic E-state index is 0.453. The molecule has 1 aliphatic rings. The predicted molar refractivity (Wildman–Crippen MR) is 145 cm³/mol. The molecule has 3 aromatic rings. The number of aromatic hydroxyl groups is 9. The Morgan fingerprint density at radius 2 is 0.957 bits per heavy atom. The summed E-state index contributed by atoms with van der Waals surface area (Å²) in [5.41, 5.74) is -1.56. The SMILES string of the molecule is CO[C@@H]1O[C@H](COC(=O)c2cc(O)c(O)c(O)c2)[C@@H](OC(=O)c2cc(O)c(O)c(O)c2)[C@H](OC(=O)c2cc(O)c(O)c(O)c2)[C@H]1O. The molecule has 1 heterocycles. The van der Waals surface area contributed by atoms with Crippen LogP contribution in [0.2, 0.25) is 0 Å². The van der Waals surface area contributed by atoms with Crippen LogP contribution in [0.5, 0.6) is 51.7 Å². The van der Waals surface area contributed by atoms with Crippen molar-refractivity contribution in [3.8, 4) is 51.7 Å². The van der Waals surface area contributed by atoms with Crippen molar-refractivity contribution in [3.05, 3.63) is 53.1 Å². The zero-order valence-corrected chi connectivity index (χ0v) is 23.3. The van der Waals surface area contributed by atoms with E-state index in [1.807, 2.05) is 0 Å². The first kappa shape index (κ1) is 33.1. The molecule has 0 unspecified atom stereocenters. The molecule has 0 aliphatic carbocycles. The summed E-state index contributed by atoms with van der Waals surface area (Å²) in [7, 11) is 1.07. The Kier molecular flexibility index (Phi) is 9.36. The van der Waals surface area contributed by atoms with Crippen molar-refractivity contribution in [2.75, 3.05) is 13.7 Å². The summed E-state index contributed by atoms with van der Waals surface area (Å²) in [6.45, 7) is -0.854. The monoisotopic (exact) mass is 650 g/mol. The first-order chi connectivity index (χ1) is 21.6. The molecule has 5 atom stereocenters. The molecule has 10 N–H and O–H groups in total. The normalized spacial score (nSPS) is 20.9. The molecule has 1 fully saturated rings. The molecule has 246 valence electrons. The van der Waals surface area contributed by atoms with Crippen LogP contribution >= 0.6 is 0 Å². The maximum Gasteiger partial charge on any atom is 0.338 e. The number of carbonyl (C=O) groups is 3. The smallest absolute Gasteiger partial charge is 0.338 e. The second-order valence-corrected chi connectivity index (χ2v) is 9.70. The van der Waals surface area contributed by atoms with Gasteiger partial charge in [0.2, 0.25) is 0 Å². The van der Waals surface area contributed by atoms with Gasteiger partial charge in [-0.25, -0.2) is 14.4 Å². The van der Waals surface area contributed by atoms with Crippen LogP contribution in [0.15, 0.2) is 36.4 Å². The summed E-state index contributed by atoms with van der Waals surface area (Å²) in [4.78, 5) is 38.9. The number of methoxy groups -OCH3 is 1. The molecule has 0 radical (unpaired) electrons. The molecule has 0 bridgehead atoms. The van der Waals surface area contributed by atoms with Crippen molar-refractivity contribution in [3.63, 3.8) is 0 Å². The van der Waals surface area contributed by atoms with E-state index in [4.69, 9.17) is 23.7 Å². The van der Waals surface area contributed by atoms with Gasteiger partial charge in [0.25, 0.3) is 0 Å². The highest BCUT2D eigenvalue weighted by Crippen LogP contribution is 2.38. The van der Waals surface area contributed by atoms with Gasteiger partial charge in [-0.05, 0) is 36.4 Å². The van der Waals surface area contributed by atoms with Gasteiger partial charge in [-0.15, -0.1) is 0 Å². The molecular weight excluding hydrogens is 624 g/mol. The van der Waals surface area contributed by atoms with Gasteiger partial charge < -0.3 is 74.7 Å². The summed E-state index contributed by atoms with van der Waals surface area (Å²) in [6.07, 6.45) is -9.05. The number of hydrogen-bond donors (Lipinski definition) is 10. The van der Waals surface area contributed by atoms with Crippen molar-refractivity contribution in [2.45, 2.75) is 30.7 Å². The lowest BCUT2D eigenvalue weighted by molar-refractivity contribution is -0.292. The highest BCUT2D eigenvalue weighted by Gasteiger charge is 2.51. The Bertz CT molecular complexity index is 1600. The van der Waals surface area contributed by atoms with E-state index in [0.29, 0.717) is 24.3 Å². The number of aliphatic hydroxyl groups is 1. The summed E-state index contributed by atoms with van der Waals surface area (Å²) >= 11 is 0. The van der Waals surface area contributed by atoms with E-state index in [2.05, 4.69) is 0 Å². The summed E-state index contributed by atoms with van der Waals surface area (Å²) < 4.78 is 26.6. The fraction of sp³-hybridized carbons (Fsp3) is 0.250. The van der Waals surface area contributed by atoms with E-state index >= 15 is 0 Å². The van der Waals surface area contributed by atoms with Gasteiger partial charge >= 0.3 is 17.9 Å². The topological polar surface area (TPSA) is 300 Å². The molecule has 18 heteroatoms. The molecule has 0 saturated carbocycles. The summed E-state index contributed by atoms with van der Waals surface area (Å²) in [5.74, 6) is -12.2. The Balaban J connectivity index is 1.69. The number of esters is 3. The van der Waals surface area contributed by atoms with Crippen molar-refractivity contribution in [1.82, 2.24) is 0 Å². The average Bonchev–Trinajstić information content (AvgIpc) is 3.01. The van der Waals surface area contributed by atoms with E-state index in [9.17, 15) is 65.4 Å². The van der Waals surface area contributed by atoms with Gasteiger partial charge in [-0.1, -0.05) is 0 Å². The molecule has 1 saturated heterocycles. The van der Waals surface area contributed by atoms with Crippen LogP contribution < -0.4 is 0 Å². The Morgan fingerprint density at radius 3 is 1.33 bits per heavy atom. The third-order valence-electron chi connectivity index (χ3n) is 6.63. The lowest BCUT2D eigenvalue weighted by Gasteiger charge is -2.42. The molecule has 4 rings (SSSR count). The molecule has 0 spiro atoms. The standard InChI is InChI=1S/C28H26O18/c1-42-28-22(38)24(46-27(41)11-6-16(33)21(37)17(34)7-11)23(45-26(40)10-4-14(31)20(36)15(32)5-10)18(44-28)8-43-25(39)9-2-12(29)19(35)13(30)3-9/h2-7,18,22-24,28-38H,8H2,1H3/t18-,22-,23-,24-,28-/m1/s1. The van der Waals surface area contributed by atoms with Gasteiger partial charge in [0.05, 0.1) is 16.7 Å². The van der Waals surface area contributed by atoms with Crippen molar-refractivity contribution < 1.29 is 89.1 Å². The van der Waals surface area contributed by atoms with Crippen LogP contribution in [0.3, 0.4) is 0 Å². The van der Waals surface area contributed by atoms with E-state index in [1.54, 1.807) is 0 Å². The number of rotatable bonds is 8. The van der Waals surface area contributed by atoms with Gasteiger partial charge in [0, 0.05) is 7.11 Å². The number of carbonyl (C=O) groups excluding carboxylic acids is 3. The number of aliphatic hydroxyl groups excluding tert-OH is 1. The first-order valence-corrected chi connectivity index (χ1v) is 12.8. The average molecular weight is 650 g/mol. The number of hydrogen-bond acceptors (Lipinski definition) is 18. The number of phenols is 9. The maximum absolute atomic E-state index is 13.1. The van der Waals surface area contributed by atoms with Gasteiger partial charge in [0.1, 0.15) is 18.8 Å². The van der Waals surface area contributed by atoms with E-state index in [1.165, 1.54) is 0 Å². The minimum atomic E-state index is -1.94. The van der Waals surface area contributed by atoms with Crippen LogP contribution in [0, 0.1) is 0 Å². The lowest BCUT2D eigenvalue weighted by Crippen LogP contribution is -2.61. The Labute approximate surface area is 256 Å². The van der Waals surface area contributed by atoms with Crippen LogP contribution in [-0.4, -0.2) is 113 Å².